The molecular weight excluding hydrogens is 852 g/mol. The molecule has 0 radical (unpaired) electrons. The summed E-state index contributed by atoms with van der Waals surface area (Å²) in [6.07, 6.45) is 6.79. The van der Waals surface area contributed by atoms with Gasteiger partial charge in [-0.2, -0.15) is 0 Å². The molecule has 12 nitrogen and oxygen atoms in total. The van der Waals surface area contributed by atoms with Gasteiger partial charge in [0.25, 0.3) is 0 Å². The summed E-state index contributed by atoms with van der Waals surface area (Å²) in [6.45, 7) is 8.15. The van der Waals surface area contributed by atoms with Gasteiger partial charge in [0.15, 0.2) is 18.4 Å². The van der Waals surface area contributed by atoms with Gasteiger partial charge in [-0.1, -0.05) is 32.1 Å². The van der Waals surface area contributed by atoms with Crippen molar-refractivity contribution in [3.63, 3.8) is 0 Å². The summed E-state index contributed by atoms with van der Waals surface area (Å²) in [4.78, 5) is 38.5. The van der Waals surface area contributed by atoms with Crippen molar-refractivity contribution in [1.29, 1.82) is 0 Å². The molecule has 17 atom stereocenters. The van der Waals surface area contributed by atoms with Crippen molar-refractivity contribution < 1.29 is 51.9 Å². The van der Waals surface area contributed by atoms with Crippen LogP contribution in [0, 0.1) is 29.5 Å². The normalized spacial score (nSPS) is 40.5. The van der Waals surface area contributed by atoms with Crippen LogP contribution in [0.3, 0.4) is 0 Å². The van der Waals surface area contributed by atoms with Crippen LogP contribution < -0.4 is 0 Å². The second-order valence-corrected chi connectivity index (χ2v) is 21.4. The molecule has 1 aromatic carbocycles. The summed E-state index contributed by atoms with van der Waals surface area (Å²) in [5, 5.41) is 1.02. The van der Waals surface area contributed by atoms with Gasteiger partial charge >= 0.3 is 5.97 Å². The van der Waals surface area contributed by atoms with E-state index in [9.17, 15) is 9.18 Å². The van der Waals surface area contributed by atoms with Crippen molar-refractivity contribution in [3.05, 3.63) is 62.9 Å². The predicted octanol–water partition coefficient (Wildman–Crippen LogP) is 8.24. The molecule has 2 aromatic rings. The highest BCUT2D eigenvalue weighted by atomic mass is 32.1. The molecule has 4 aliphatic carbocycles. The quantitative estimate of drug-likeness (QED) is 0.202. The number of carbonyl (C=O) groups is 2. The number of fused-ring (bicyclic) bond motifs is 8. The summed E-state index contributed by atoms with van der Waals surface area (Å²) >= 11 is 1.77. The van der Waals surface area contributed by atoms with E-state index in [4.69, 9.17) is 42.9 Å². The van der Waals surface area contributed by atoms with E-state index in [1.807, 2.05) is 26.0 Å². The number of carbonyl (C=O) groups excluding carboxylic acids is 2. The number of halogens is 1. The van der Waals surface area contributed by atoms with Crippen LogP contribution >= 0.6 is 11.3 Å². The number of benzene rings is 1. The fourth-order valence-corrected chi connectivity index (χ4v) is 14.4. The Morgan fingerprint density at radius 1 is 0.877 bits per heavy atom. The Hall–Kier alpha value is -2.66. The van der Waals surface area contributed by atoms with Crippen molar-refractivity contribution in [1.82, 2.24) is 9.88 Å². The Morgan fingerprint density at radius 3 is 2.28 bits per heavy atom. The molecule has 0 N–H and O–H groups in total. The molecule has 4 heterocycles. The molecule has 0 amide bonds. The highest BCUT2D eigenvalue weighted by molar-refractivity contribution is 7.12. The number of hydrogen-bond acceptors (Lipinski definition) is 13. The van der Waals surface area contributed by atoms with Gasteiger partial charge in [-0.05, 0) is 127 Å². The first-order chi connectivity index (χ1) is 31.3. The lowest BCUT2D eigenvalue weighted by Gasteiger charge is -2.44. The number of ether oxygens (including phenoxy) is 8. The summed E-state index contributed by atoms with van der Waals surface area (Å²) < 4.78 is 65.0. The fourth-order valence-electron chi connectivity index (χ4n) is 12.8. The van der Waals surface area contributed by atoms with Crippen LogP contribution in [-0.2, 0) is 52.9 Å². The van der Waals surface area contributed by atoms with E-state index in [2.05, 4.69) is 38.9 Å². The second-order valence-electron chi connectivity index (χ2n) is 20.4. The van der Waals surface area contributed by atoms with Gasteiger partial charge in [-0.15, -0.1) is 11.3 Å². The van der Waals surface area contributed by atoms with Crippen molar-refractivity contribution in [2.24, 2.45) is 23.7 Å². The zero-order valence-electron chi connectivity index (χ0n) is 39.7. The average Bonchev–Trinajstić information content (AvgIpc) is 3.58. The van der Waals surface area contributed by atoms with Gasteiger partial charge < -0.3 is 42.8 Å². The molecule has 0 unspecified atom stereocenters. The van der Waals surface area contributed by atoms with E-state index in [0.717, 1.165) is 61.2 Å². The number of likely N-dealkylation sites (N-methyl/N-ethyl adjacent to an activating group) is 1. The molecule has 14 heteroatoms. The molecule has 1 aromatic heterocycles. The number of nitrogens with zero attached hydrogens (tertiary/aromatic N) is 2. The lowest BCUT2D eigenvalue weighted by atomic mass is 9.67. The van der Waals surface area contributed by atoms with Crippen molar-refractivity contribution in [3.8, 4) is 0 Å². The van der Waals surface area contributed by atoms with Gasteiger partial charge in [0.1, 0.15) is 35.2 Å². The average molecular weight is 923 g/mol. The van der Waals surface area contributed by atoms with Crippen LogP contribution in [0.1, 0.15) is 131 Å². The van der Waals surface area contributed by atoms with E-state index >= 15 is 4.79 Å². The number of cyclic esters (lactones) is 1. The molecule has 7 aliphatic rings. The third-order valence-electron chi connectivity index (χ3n) is 16.4. The van der Waals surface area contributed by atoms with Crippen molar-refractivity contribution in [2.45, 2.75) is 183 Å². The Bertz CT molecular complexity index is 2040. The maximum Gasteiger partial charge on any atom is 0.306 e. The molecule has 3 aliphatic heterocycles. The monoisotopic (exact) mass is 922 g/mol. The van der Waals surface area contributed by atoms with E-state index in [1.54, 1.807) is 32.7 Å². The Labute approximate surface area is 388 Å². The minimum atomic E-state index is -0.681. The van der Waals surface area contributed by atoms with Crippen LogP contribution in [0.4, 0.5) is 4.39 Å². The van der Waals surface area contributed by atoms with E-state index in [-0.39, 0.29) is 89.7 Å². The summed E-state index contributed by atoms with van der Waals surface area (Å²) in [5.74, 6) is -1.43. The summed E-state index contributed by atoms with van der Waals surface area (Å²) in [6, 6.07) is 7.17. The molecule has 0 bridgehead atoms. The first-order valence-corrected chi connectivity index (χ1v) is 25.2. The highest BCUT2D eigenvalue weighted by Gasteiger charge is 2.59. The van der Waals surface area contributed by atoms with Crippen LogP contribution in [0.5, 0.6) is 0 Å². The van der Waals surface area contributed by atoms with Gasteiger partial charge in [0.05, 0.1) is 36.5 Å². The Kier molecular flexibility index (Phi) is 14.1. The molecule has 5 fully saturated rings. The van der Waals surface area contributed by atoms with Gasteiger partial charge in [-0.25, -0.2) is 9.37 Å². The summed E-state index contributed by atoms with van der Waals surface area (Å²) in [5.41, 5.74) is 2.45. The van der Waals surface area contributed by atoms with Gasteiger partial charge in [0, 0.05) is 61.3 Å². The third-order valence-corrected chi connectivity index (χ3v) is 17.9. The number of methoxy groups -OCH3 is 3. The zero-order chi connectivity index (χ0) is 45.9. The molecule has 9 rings (SSSR count). The number of hydrogen-bond donors (Lipinski definition) is 0. The number of Topliss-reactive ketones (excluding diaryl/α,β-unsaturated/α-hetero) is 1. The molecule has 358 valence electrons. The fraction of sp³-hybridized carbons (Fsp3) is 0.745. The third kappa shape index (κ3) is 8.95. The maximum atomic E-state index is 15.3. The number of esters is 1. The van der Waals surface area contributed by atoms with E-state index < -0.39 is 36.6 Å². The number of allylic oxidation sites excluding steroid dienone is 2. The maximum absolute atomic E-state index is 15.3. The smallest absolute Gasteiger partial charge is 0.306 e. The standard InChI is InChI=1S/C51H71FN2O10S/c1-10-31-12-11-13-39(64-41-19-18-38(54(5)6)27(3)60-41)26(2)44(56)36-24-34-33-22-32(63-49-47(59-9)46(58-8)45(57-7)28(4)61-49)23-37(33)48-43(42(34)35(36)25-40(55)62-31)53-50(65-48)51(20-21-51)29-14-16-30(52)17-15-29/h14-17,24,26-28,31-35,37-39,41-42,45-47,49H,10-13,18-23,25H2,1-9H3/t26-,27-,28+,31+,32+,33+,34+,35-,37-,38+,39+,41+,42-,45+,46-,47-,49+/m1/s1. The number of aromatic nitrogens is 1. The first-order valence-electron chi connectivity index (χ1n) is 24.4. The lowest BCUT2D eigenvalue weighted by Crippen LogP contribution is -2.59. The predicted molar refractivity (Wildman–Crippen MR) is 242 cm³/mol. The molecule has 65 heavy (non-hydrogen) atoms. The molecule has 2 saturated carbocycles. The van der Waals surface area contributed by atoms with Crippen LogP contribution in [0.2, 0.25) is 0 Å². The summed E-state index contributed by atoms with van der Waals surface area (Å²) in [7, 11) is 9.13. The largest absolute Gasteiger partial charge is 0.462 e. The van der Waals surface area contributed by atoms with Crippen molar-refractivity contribution >= 4 is 23.1 Å². The highest BCUT2D eigenvalue weighted by Crippen LogP contribution is 2.65. The van der Waals surface area contributed by atoms with Crippen molar-refractivity contribution in [2.75, 3.05) is 35.4 Å². The lowest BCUT2D eigenvalue weighted by molar-refractivity contribution is -0.314. The Morgan fingerprint density at radius 2 is 1.62 bits per heavy atom. The first kappa shape index (κ1) is 47.4. The van der Waals surface area contributed by atoms with Crippen LogP contribution in [-0.4, -0.2) is 125 Å². The number of thiazole rings is 1. The number of ketones is 1. The second kappa shape index (κ2) is 19.4. The topological polar surface area (TPSA) is 124 Å². The molecular formula is C51H71FN2O10S. The van der Waals surface area contributed by atoms with Gasteiger partial charge in [0.2, 0.25) is 0 Å². The van der Waals surface area contributed by atoms with Crippen LogP contribution in [0.25, 0.3) is 0 Å². The van der Waals surface area contributed by atoms with Crippen LogP contribution in [0.15, 0.2) is 35.9 Å². The molecule has 3 saturated heterocycles. The van der Waals surface area contributed by atoms with E-state index in [0.29, 0.717) is 30.9 Å². The Balaban J connectivity index is 1.07. The molecule has 0 spiro atoms. The SMILES string of the molecule is CC[C@H]1CCC[C@H](O[C@H]2CC[C@H](N(C)C)[C@@H](C)O2)[C@@H](C)C(=O)C2=C[C@H]3[C@@H]4C[C@H](O[C@@H]5O[C@@H](C)[C@H](OC)[C@@H](OC)[C@H]5OC)C[C@H]4c4sc(C5(c6ccc(F)cc6)CC5)nc4[C@H]3[C@@H]2CC(=O)O1. The van der Waals surface area contributed by atoms with E-state index in [1.165, 1.54) is 17.0 Å². The minimum Gasteiger partial charge on any atom is -0.462 e. The minimum absolute atomic E-state index is 0.00531. The van der Waals surface area contributed by atoms with Gasteiger partial charge in [-0.3, -0.25) is 9.59 Å². The zero-order valence-corrected chi connectivity index (χ0v) is 40.6. The number of rotatable bonds is 11.